The van der Waals surface area contributed by atoms with Crippen LogP contribution in [0.25, 0.3) is 22.0 Å². The van der Waals surface area contributed by atoms with Gasteiger partial charge in [-0.15, -0.1) is 0 Å². The number of aromatic nitrogens is 2. The molecule has 0 aliphatic carbocycles. The van der Waals surface area contributed by atoms with Crippen molar-refractivity contribution in [2.45, 2.75) is 0 Å². The fraction of sp³-hybridized carbons (Fsp3) is 0.286. The lowest BCUT2D eigenvalue weighted by Crippen LogP contribution is -2.13. The second-order valence-corrected chi connectivity index (χ2v) is 6.26. The molecule has 3 rings (SSSR count). The molecule has 158 valence electrons. The standard InChI is InChI=1S/C21H22FN3O5/c22-17-11-14(2-4-19(17)30-10-9-29-8-7-28-6-5-26)16-13-24-12-15-1-3-18(21(23)27)25-20(15)16/h1-4,11-13,26H,5-10H2,(H2,23,27). The highest BCUT2D eigenvalue weighted by Gasteiger charge is 2.12. The van der Waals surface area contributed by atoms with E-state index in [0.717, 1.165) is 0 Å². The van der Waals surface area contributed by atoms with Crippen LogP contribution in [0.5, 0.6) is 5.75 Å². The maximum atomic E-state index is 14.5. The summed E-state index contributed by atoms with van der Waals surface area (Å²) in [6, 6.07) is 7.76. The molecule has 0 aliphatic heterocycles. The van der Waals surface area contributed by atoms with Gasteiger partial charge in [-0.05, 0) is 29.8 Å². The molecule has 0 saturated carbocycles. The van der Waals surface area contributed by atoms with Crippen LogP contribution in [-0.2, 0) is 9.47 Å². The van der Waals surface area contributed by atoms with Gasteiger partial charge in [0.2, 0.25) is 0 Å². The van der Waals surface area contributed by atoms with Crippen molar-refractivity contribution in [2.75, 3.05) is 39.6 Å². The Labute approximate surface area is 172 Å². The van der Waals surface area contributed by atoms with Crippen molar-refractivity contribution >= 4 is 16.8 Å². The number of carbonyl (C=O) groups excluding carboxylic acids is 1. The first-order chi connectivity index (χ1) is 14.6. The van der Waals surface area contributed by atoms with Gasteiger partial charge >= 0.3 is 0 Å². The fourth-order valence-electron chi connectivity index (χ4n) is 2.77. The molecule has 0 atom stereocenters. The lowest BCUT2D eigenvalue weighted by Gasteiger charge is -2.11. The third kappa shape index (κ3) is 5.47. The van der Waals surface area contributed by atoms with Crippen molar-refractivity contribution in [3.8, 4) is 16.9 Å². The molecule has 0 unspecified atom stereocenters. The van der Waals surface area contributed by atoms with Gasteiger partial charge in [0.05, 0.1) is 38.6 Å². The van der Waals surface area contributed by atoms with Crippen LogP contribution in [-0.4, -0.2) is 60.6 Å². The number of primary amides is 1. The normalized spacial score (nSPS) is 11.0. The van der Waals surface area contributed by atoms with E-state index >= 15 is 0 Å². The van der Waals surface area contributed by atoms with Crippen LogP contribution in [0, 0.1) is 5.82 Å². The predicted molar refractivity (Wildman–Crippen MR) is 108 cm³/mol. The smallest absolute Gasteiger partial charge is 0.267 e. The maximum absolute atomic E-state index is 14.5. The van der Waals surface area contributed by atoms with Crippen molar-refractivity contribution < 1.29 is 28.5 Å². The van der Waals surface area contributed by atoms with E-state index in [4.69, 9.17) is 25.1 Å². The van der Waals surface area contributed by atoms with Gasteiger partial charge in [-0.3, -0.25) is 9.78 Å². The number of pyridine rings is 2. The van der Waals surface area contributed by atoms with Gasteiger partial charge in [0.25, 0.3) is 5.91 Å². The largest absolute Gasteiger partial charge is 0.488 e. The summed E-state index contributed by atoms with van der Waals surface area (Å²) in [4.78, 5) is 19.9. The summed E-state index contributed by atoms with van der Waals surface area (Å²) in [5.41, 5.74) is 7.06. The van der Waals surface area contributed by atoms with E-state index in [2.05, 4.69) is 9.97 Å². The summed E-state index contributed by atoms with van der Waals surface area (Å²) < 4.78 is 30.3. The van der Waals surface area contributed by atoms with Crippen molar-refractivity contribution in [3.63, 3.8) is 0 Å². The van der Waals surface area contributed by atoms with E-state index in [1.807, 2.05) is 0 Å². The SMILES string of the molecule is NC(=O)c1ccc2cncc(-c3ccc(OCCOCCOCCO)c(F)c3)c2n1. The third-order valence-corrected chi connectivity index (χ3v) is 4.19. The van der Waals surface area contributed by atoms with Crippen molar-refractivity contribution in [1.82, 2.24) is 9.97 Å². The molecule has 8 nitrogen and oxygen atoms in total. The maximum Gasteiger partial charge on any atom is 0.267 e. The molecule has 1 amide bonds. The molecule has 0 bridgehead atoms. The molecule has 0 radical (unpaired) electrons. The number of benzene rings is 1. The van der Waals surface area contributed by atoms with Crippen LogP contribution in [0.4, 0.5) is 4.39 Å². The Morgan fingerprint density at radius 3 is 2.53 bits per heavy atom. The van der Waals surface area contributed by atoms with Gasteiger partial charge in [0, 0.05) is 23.3 Å². The third-order valence-electron chi connectivity index (χ3n) is 4.19. The molecule has 0 spiro atoms. The molecule has 2 aromatic heterocycles. The molecule has 9 heteroatoms. The Bertz CT molecular complexity index is 1020. The number of hydrogen-bond acceptors (Lipinski definition) is 7. The van der Waals surface area contributed by atoms with Crippen LogP contribution in [0.2, 0.25) is 0 Å². The summed E-state index contributed by atoms with van der Waals surface area (Å²) in [6.45, 7) is 1.41. The van der Waals surface area contributed by atoms with E-state index in [9.17, 15) is 9.18 Å². The summed E-state index contributed by atoms with van der Waals surface area (Å²) in [5.74, 6) is -1.09. The van der Waals surface area contributed by atoms with Gasteiger partial charge in [-0.1, -0.05) is 6.07 Å². The first kappa shape index (κ1) is 21.6. The first-order valence-electron chi connectivity index (χ1n) is 9.34. The van der Waals surface area contributed by atoms with Crippen LogP contribution in [0.3, 0.4) is 0 Å². The quantitative estimate of drug-likeness (QED) is 0.460. The number of nitrogens with two attached hydrogens (primary N) is 1. The highest BCUT2D eigenvalue weighted by Crippen LogP contribution is 2.29. The molecule has 2 heterocycles. The van der Waals surface area contributed by atoms with Crippen molar-refractivity contribution in [1.29, 1.82) is 0 Å². The second-order valence-electron chi connectivity index (χ2n) is 6.26. The zero-order valence-electron chi connectivity index (χ0n) is 16.2. The number of hydrogen-bond donors (Lipinski definition) is 2. The van der Waals surface area contributed by atoms with Crippen LogP contribution in [0.1, 0.15) is 10.5 Å². The lowest BCUT2D eigenvalue weighted by atomic mass is 10.0. The number of aliphatic hydroxyl groups is 1. The molecule has 1 aromatic carbocycles. The minimum atomic E-state index is -0.642. The highest BCUT2D eigenvalue weighted by atomic mass is 19.1. The number of carbonyl (C=O) groups is 1. The zero-order chi connectivity index (χ0) is 21.3. The average molecular weight is 415 g/mol. The van der Waals surface area contributed by atoms with Crippen molar-refractivity contribution in [2.24, 2.45) is 5.73 Å². The first-order valence-corrected chi connectivity index (χ1v) is 9.34. The van der Waals surface area contributed by atoms with E-state index < -0.39 is 11.7 Å². The Balaban J connectivity index is 1.67. The minimum Gasteiger partial charge on any atom is -0.488 e. The van der Waals surface area contributed by atoms with E-state index in [0.29, 0.717) is 35.2 Å². The lowest BCUT2D eigenvalue weighted by molar-refractivity contribution is 0.0244. The minimum absolute atomic E-state index is 0.0322. The number of ether oxygens (including phenoxy) is 3. The zero-order valence-corrected chi connectivity index (χ0v) is 16.2. The van der Waals surface area contributed by atoms with E-state index in [1.54, 1.807) is 24.5 Å². The van der Waals surface area contributed by atoms with E-state index in [1.165, 1.54) is 18.2 Å². The Morgan fingerprint density at radius 1 is 1.03 bits per heavy atom. The molecule has 0 aliphatic rings. The van der Waals surface area contributed by atoms with Crippen LogP contribution in [0.15, 0.2) is 42.7 Å². The molecule has 30 heavy (non-hydrogen) atoms. The predicted octanol–water partition coefficient (Wildman–Crippen LogP) is 1.94. The molecule has 0 fully saturated rings. The number of nitrogens with zero attached hydrogens (tertiary/aromatic N) is 2. The monoisotopic (exact) mass is 415 g/mol. The number of amides is 1. The van der Waals surface area contributed by atoms with Gasteiger partial charge in [-0.2, -0.15) is 0 Å². The average Bonchev–Trinajstić information content (AvgIpc) is 2.75. The summed E-state index contributed by atoms with van der Waals surface area (Å²) in [5, 5.41) is 9.30. The van der Waals surface area contributed by atoms with Gasteiger partial charge in [-0.25, -0.2) is 9.37 Å². The Kier molecular flexibility index (Phi) is 7.61. The molecule has 3 N–H and O–H groups in total. The highest BCUT2D eigenvalue weighted by molar-refractivity contribution is 5.97. The van der Waals surface area contributed by atoms with Crippen LogP contribution < -0.4 is 10.5 Å². The number of rotatable bonds is 11. The second kappa shape index (κ2) is 10.6. The van der Waals surface area contributed by atoms with Gasteiger partial charge < -0.3 is 25.1 Å². The Hall–Kier alpha value is -3.14. The number of halogens is 1. The van der Waals surface area contributed by atoms with Crippen LogP contribution >= 0.6 is 0 Å². The Morgan fingerprint density at radius 2 is 1.80 bits per heavy atom. The molecular weight excluding hydrogens is 393 g/mol. The summed E-state index contributed by atoms with van der Waals surface area (Å²) in [7, 11) is 0. The molecular formula is C21H22FN3O5. The number of aliphatic hydroxyl groups excluding tert-OH is 1. The molecule has 0 saturated heterocycles. The van der Waals surface area contributed by atoms with Crippen molar-refractivity contribution in [3.05, 3.63) is 54.2 Å². The fourth-order valence-corrected chi connectivity index (χ4v) is 2.77. The van der Waals surface area contributed by atoms with Gasteiger partial charge in [0.1, 0.15) is 12.3 Å². The summed E-state index contributed by atoms with van der Waals surface area (Å²) >= 11 is 0. The number of fused-ring (bicyclic) bond motifs is 1. The molecule has 3 aromatic rings. The van der Waals surface area contributed by atoms with E-state index in [-0.39, 0.29) is 37.9 Å². The summed E-state index contributed by atoms with van der Waals surface area (Å²) in [6.07, 6.45) is 3.17. The topological polar surface area (TPSA) is 117 Å². The van der Waals surface area contributed by atoms with Gasteiger partial charge in [0.15, 0.2) is 11.6 Å².